The van der Waals surface area contributed by atoms with Gasteiger partial charge in [0.25, 0.3) is 5.56 Å². The zero-order chi connectivity index (χ0) is 13.1. The molecule has 3 heteroatoms. The van der Waals surface area contributed by atoms with E-state index in [-0.39, 0.29) is 11.6 Å². The Balaban J connectivity index is 2.48. The molecule has 0 saturated carbocycles. The van der Waals surface area contributed by atoms with Crippen molar-refractivity contribution < 1.29 is 0 Å². The maximum Gasteiger partial charge on any atom is 0.258 e. The van der Waals surface area contributed by atoms with Crippen molar-refractivity contribution >= 4 is 10.8 Å². The quantitative estimate of drug-likeness (QED) is 0.897. The maximum atomic E-state index is 12.3. The highest BCUT2D eigenvalue weighted by atomic mass is 16.1. The van der Waals surface area contributed by atoms with Gasteiger partial charge in [-0.2, -0.15) is 0 Å². The van der Waals surface area contributed by atoms with Gasteiger partial charge in [-0.25, -0.2) is 0 Å². The monoisotopic (exact) mass is 244 g/mol. The van der Waals surface area contributed by atoms with Crippen molar-refractivity contribution in [2.24, 2.45) is 5.73 Å². The normalized spacial score (nSPS) is 12.8. The Bertz CT molecular complexity index is 601. The van der Waals surface area contributed by atoms with Crippen LogP contribution < -0.4 is 11.3 Å². The van der Waals surface area contributed by atoms with Crippen LogP contribution in [0, 0.1) is 0 Å². The second-order valence-electron chi connectivity index (χ2n) is 4.72. The number of rotatable bonds is 4. The first kappa shape index (κ1) is 12.8. The third-order valence-corrected chi connectivity index (χ3v) is 3.41. The topological polar surface area (TPSA) is 48.0 Å². The molecule has 0 aliphatic carbocycles. The molecule has 0 radical (unpaired) electrons. The van der Waals surface area contributed by atoms with Crippen LogP contribution in [0.25, 0.3) is 10.8 Å². The average molecular weight is 244 g/mol. The molecule has 0 fully saturated rings. The molecule has 0 saturated heterocycles. The molecule has 96 valence electrons. The molecule has 1 heterocycles. The molecule has 0 aliphatic heterocycles. The summed E-state index contributed by atoms with van der Waals surface area (Å²) in [6.45, 7) is 4.73. The van der Waals surface area contributed by atoms with Gasteiger partial charge in [-0.1, -0.05) is 26.0 Å². The van der Waals surface area contributed by atoms with Crippen LogP contribution in [0.15, 0.2) is 35.3 Å². The number of fused-ring (bicyclic) bond motifs is 1. The van der Waals surface area contributed by atoms with E-state index in [2.05, 4.69) is 13.0 Å². The zero-order valence-corrected chi connectivity index (χ0v) is 11.0. The molecule has 0 amide bonds. The SMILES string of the molecule is CCc1ccc2c(=O)n(CC(N)CC)ccc2c1. The Hall–Kier alpha value is -1.61. The van der Waals surface area contributed by atoms with Crippen LogP contribution in [-0.4, -0.2) is 10.6 Å². The fourth-order valence-electron chi connectivity index (χ4n) is 2.08. The van der Waals surface area contributed by atoms with Gasteiger partial charge in [0.15, 0.2) is 0 Å². The smallest absolute Gasteiger partial charge is 0.258 e. The Morgan fingerprint density at radius 3 is 2.72 bits per heavy atom. The van der Waals surface area contributed by atoms with E-state index < -0.39 is 0 Å². The summed E-state index contributed by atoms with van der Waals surface area (Å²) in [7, 11) is 0. The highest BCUT2D eigenvalue weighted by Crippen LogP contribution is 2.13. The van der Waals surface area contributed by atoms with Gasteiger partial charge in [0.05, 0.1) is 0 Å². The summed E-state index contributed by atoms with van der Waals surface area (Å²) in [4.78, 5) is 12.3. The second-order valence-corrected chi connectivity index (χ2v) is 4.72. The van der Waals surface area contributed by atoms with Crippen molar-refractivity contribution in [3.05, 3.63) is 46.4 Å². The Morgan fingerprint density at radius 1 is 1.28 bits per heavy atom. The van der Waals surface area contributed by atoms with Crippen LogP contribution in [0.5, 0.6) is 0 Å². The number of hydrogen-bond acceptors (Lipinski definition) is 2. The molecule has 2 N–H and O–H groups in total. The number of aromatic nitrogens is 1. The summed E-state index contributed by atoms with van der Waals surface area (Å²) in [5, 5.41) is 1.79. The van der Waals surface area contributed by atoms with E-state index >= 15 is 0 Å². The van der Waals surface area contributed by atoms with Crippen LogP contribution in [0.4, 0.5) is 0 Å². The summed E-state index contributed by atoms with van der Waals surface area (Å²) >= 11 is 0. The summed E-state index contributed by atoms with van der Waals surface area (Å²) in [6, 6.07) is 8.06. The number of pyridine rings is 1. The van der Waals surface area contributed by atoms with E-state index in [0.29, 0.717) is 6.54 Å². The van der Waals surface area contributed by atoms with Crippen LogP contribution in [0.3, 0.4) is 0 Å². The predicted octanol–water partition coefficient (Wildman–Crippen LogP) is 2.30. The molecule has 0 spiro atoms. The molecule has 18 heavy (non-hydrogen) atoms. The van der Waals surface area contributed by atoms with Crippen molar-refractivity contribution in [1.29, 1.82) is 0 Å². The van der Waals surface area contributed by atoms with Crippen molar-refractivity contribution in [3.63, 3.8) is 0 Å². The molecule has 0 aliphatic rings. The van der Waals surface area contributed by atoms with Crippen molar-refractivity contribution in [2.45, 2.75) is 39.3 Å². The van der Waals surface area contributed by atoms with Gasteiger partial charge in [-0.3, -0.25) is 4.79 Å². The molecule has 3 nitrogen and oxygen atoms in total. The van der Waals surface area contributed by atoms with E-state index in [1.807, 2.05) is 31.3 Å². The number of nitrogens with two attached hydrogens (primary N) is 1. The first-order chi connectivity index (χ1) is 8.65. The van der Waals surface area contributed by atoms with Gasteiger partial charge in [0, 0.05) is 24.2 Å². The Morgan fingerprint density at radius 2 is 2.06 bits per heavy atom. The minimum atomic E-state index is 0.0371. The van der Waals surface area contributed by atoms with Crippen LogP contribution in [0.1, 0.15) is 25.8 Å². The molecule has 1 atom stereocenters. The van der Waals surface area contributed by atoms with E-state index in [9.17, 15) is 4.79 Å². The lowest BCUT2D eigenvalue weighted by Crippen LogP contribution is -2.31. The summed E-state index contributed by atoms with van der Waals surface area (Å²) in [5.41, 5.74) is 7.21. The number of aryl methyl sites for hydroxylation is 1. The first-order valence-electron chi connectivity index (χ1n) is 6.53. The van der Waals surface area contributed by atoms with Gasteiger partial charge < -0.3 is 10.3 Å². The highest BCUT2D eigenvalue weighted by molar-refractivity contribution is 5.82. The fourth-order valence-corrected chi connectivity index (χ4v) is 2.08. The summed E-state index contributed by atoms with van der Waals surface area (Å²) < 4.78 is 1.71. The zero-order valence-electron chi connectivity index (χ0n) is 11.0. The summed E-state index contributed by atoms with van der Waals surface area (Å²) in [5.74, 6) is 0. The van der Waals surface area contributed by atoms with E-state index in [0.717, 1.165) is 23.6 Å². The van der Waals surface area contributed by atoms with E-state index in [4.69, 9.17) is 5.73 Å². The molecule has 1 aromatic carbocycles. The molecule has 2 aromatic rings. The first-order valence-corrected chi connectivity index (χ1v) is 6.53. The van der Waals surface area contributed by atoms with Gasteiger partial charge in [-0.05, 0) is 35.9 Å². The fraction of sp³-hybridized carbons (Fsp3) is 0.400. The Labute approximate surface area is 107 Å². The molecule has 1 aromatic heterocycles. The average Bonchev–Trinajstić information content (AvgIpc) is 2.41. The minimum Gasteiger partial charge on any atom is -0.326 e. The lowest BCUT2D eigenvalue weighted by atomic mass is 10.1. The Kier molecular flexibility index (Phi) is 3.82. The van der Waals surface area contributed by atoms with Crippen LogP contribution in [-0.2, 0) is 13.0 Å². The molecule has 2 rings (SSSR count). The third kappa shape index (κ3) is 2.46. The van der Waals surface area contributed by atoms with Crippen molar-refractivity contribution in [2.75, 3.05) is 0 Å². The van der Waals surface area contributed by atoms with Crippen LogP contribution >= 0.6 is 0 Å². The standard InChI is InChI=1S/C15H20N2O/c1-3-11-5-6-14-12(9-11)7-8-17(15(14)18)10-13(16)4-2/h5-9,13H,3-4,10,16H2,1-2H3. The number of nitrogens with zero attached hydrogens (tertiary/aromatic N) is 1. The predicted molar refractivity (Wildman–Crippen MR) is 75.9 cm³/mol. The lowest BCUT2D eigenvalue weighted by molar-refractivity contribution is 0.529. The van der Waals surface area contributed by atoms with Crippen molar-refractivity contribution in [1.82, 2.24) is 4.57 Å². The van der Waals surface area contributed by atoms with Crippen molar-refractivity contribution in [3.8, 4) is 0 Å². The summed E-state index contributed by atoms with van der Waals surface area (Å²) in [6.07, 6.45) is 3.71. The lowest BCUT2D eigenvalue weighted by Gasteiger charge is -2.12. The molecule has 0 bridgehead atoms. The minimum absolute atomic E-state index is 0.0371. The van der Waals surface area contributed by atoms with E-state index in [1.54, 1.807) is 4.57 Å². The molecular weight excluding hydrogens is 224 g/mol. The van der Waals surface area contributed by atoms with Gasteiger partial charge in [-0.15, -0.1) is 0 Å². The maximum absolute atomic E-state index is 12.3. The number of benzene rings is 1. The molecular formula is C15H20N2O. The second kappa shape index (κ2) is 5.36. The molecule has 1 unspecified atom stereocenters. The van der Waals surface area contributed by atoms with Gasteiger partial charge in [0.1, 0.15) is 0 Å². The number of hydrogen-bond donors (Lipinski definition) is 1. The largest absolute Gasteiger partial charge is 0.326 e. The van der Waals surface area contributed by atoms with E-state index in [1.165, 1.54) is 5.56 Å². The van der Waals surface area contributed by atoms with Gasteiger partial charge in [0.2, 0.25) is 0 Å². The highest BCUT2D eigenvalue weighted by Gasteiger charge is 2.06. The third-order valence-electron chi connectivity index (χ3n) is 3.41. The van der Waals surface area contributed by atoms with Gasteiger partial charge >= 0.3 is 0 Å². The van der Waals surface area contributed by atoms with Crippen LogP contribution in [0.2, 0.25) is 0 Å².